The highest BCUT2D eigenvalue weighted by Crippen LogP contribution is 2.10. The van der Waals surface area contributed by atoms with Crippen LogP contribution in [0, 0.1) is 6.92 Å². The van der Waals surface area contributed by atoms with Gasteiger partial charge < -0.3 is 4.74 Å². The van der Waals surface area contributed by atoms with Crippen LogP contribution in [0.1, 0.15) is 5.69 Å². The standard InChI is InChI=1S/C6H8FN2OP/c1-4-2-3-5(9-8-4)10-6(7)11/h2-3,6H,11H2,1H3. The fourth-order valence-corrected chi connectivity index (χ4v) is 0.704. The van der Waals surface area contributed by atoms with Gasteiger partial charge in [0.1, 0.15) is 0 Å². The first-order valence-electron chi connectivity index (χ1n) is 3.05. The van der Waals surface area contributed by atoms with Gasteiger partial charge in [-0.05, 0) is 13.0 Å². The van der Waals surface area contributed by atoms with Crippen LogP contribution in [0.3, 0.4) is 0 Å². The third-order valence-electron chi connectivity index (χ3n) is 1.01. The van der Waals surface area contributed by atoms with Crippen molar-refractivity contribution in [3.63, 3.8) is 0 Å². The highest BCUT2D eigenvalue weighted by molar-refractivity contribution is 7.16. The average molecular weight is 174 g/mol. The molecule has 2 unspecified atom stereocenters. The van der Waals surface area contributed by atoms with E-state index >= 15 is 0 Å². The van der Waals surface area contributed by atoms with E-state index in [0.29, 0.717) is 0 Å². The van der Waals surface area contributed by atoms with E-state index in [2.05, 4.69) is 14.9 Å². The summed E-state index contributed by atoms with van der Waals surface area (Å²) in [5, 5.41) is 7.27. The summed E-state index contributed by atoms with van der Waals surface area (Å²) in [6, 6.07) is 3.27. The summed E-state index contributed by atoms with van der Waals surface area (Å²) >= 11 is 0. The van der Waals surface area contributed by atoms with Crippen LogP contribution in [0.25, 0.3) is 0 Å². The van der Waals surface area contributed by atoms with Gasteiger partial charge in [-0.2, -0.15) is 9.49 Å². The Bertz CT molecular complexity index is 227. The summed E-state index contributed by atoms with van der Waals surface area (Å²) in [6.07, 6.45) is -1.42. The maximum absolute atomic E-state index is 12.2. The Hall–Kier alpha value is -0.760. The van der Waals surface area contributed by atoms with Crippen molar-refractivity contribution in [1.29, 1.82) is 0 Å². The lowest BCUT2D eigenvalue weighted by Crippen LogP contribution is -2.02. The quantitative estimate of drug-likeness (QED) is 0.633. The minimum absolute atomic E-state index is 0.193. The smallest absolute Gasteiger partial charge is 0.251 e. The Kier molecular flexibility index (Phi) is 2.71. The summed E-state index contributed by atoms with van der Waals surface area (Å²) in [7, 11) is 1.86. The summed E-state index contributed by atoms with van der Waals surface area (Å²) < 4.78 is 16.8. The molecule has 1 aromatic heterocycles. The first-order valence-corrected chi connectivity index (χ1v) is 3.72. The minimum Gasteiger partial charge on any atom is -0.439 e. The molecule has 1 heterocycles. The van der Waals surface area contributed by atoms with E-state index in [4.69, 9.17) is 0 Å². The maximum atomic E-state index is 12.2. The van der Waals surface area contributed by atoms with Crippen LogP contribution in [0.2, 0.25) is 0 Å². The van der Waals surface area contributed by atoms with Gasteiger partial charge in [0.05, 0.1) is 5.69 Å². The molecule has 0 aliphatic carbocycles. The molecule has 0 amide bonds. The second-order valence-electron chi connectivity index (χ2n) is 1.98. The van der Waals surface area contributed by atoms with Crippen molar-refractivity contribution in [2.45, 2.75) is 13.0 Å². The molecule has 0 fully saturated rings. The van der Waals surface area contributed by atoms with E-state index in [-0.39, 0.29) is 5.88 Å². The number of nitrogens with zero attached hydrogens (tertiary/aromatic N) is 2. The predicted molar refractivity (Wildman–Crippen MR) is 42.0 cm³/mol. The van der Waals surface area contributed by atoms with Crippen LogP contribution in [0.4, 0.5) is 4.39 Å². The van der Waals surface area contributed by atoms with Crippen LogP contribution >= 0.6 is 9.24 Å². The molecule has 0 spiro atoms. The first kappa shape index (κ1) is 8.34. The van der Waals surface area contributed by atoms with Gasteiger partial charge in [0.2, 0.25) is 5.88 Å². The molecule has 0 aliphatic rings. The summed E-state index contributed by atoms with van der Waals surface area (Å²) in [5.41, 5.74) is 0.775. The second-order valence-corrected chi connectivity index (χ2v) is 2.51. The van der Waals surface area contributed by atoms with E-state index in [0.717, 1.165) is 5.69 Å². The van der Waals surface area contributed by atoms with Crippen LogP contribution in [-0.4, -0.2) is 16.3 Å². The monoisotopic (exact) mass is 174 g/mol. The molecule has 1 rings (SSSR count). The Labute approximate surface area is 66.2 Å². The molecule has 0 N–H and O–H groups in total. The Morgan fingerprint density at radius 1 is 1.55 bits per heavy atom. The molecule has 0 saturated carbocycles. The topological polar surface area (TPSA) is 35.0 Å². The average Bonchev–Trinajstić information content (AvgIpc) is 1.93. The van der Waals surface area contributed by atoms with Crippen molar-refractivity contribution in [2.24, 2.45) is 0 Å². The third kappa shape index (κ3) is 2.76. The number of aryl methyl sites for hydroxylation is 1. The number of hydrogen-bond donors (Lipinski definition) is 0. The first-order chi connectivity index (χ1) is 5.18. The largest absolute Gasteiger partial charge is 0.439 e. The lowest BCUT2D eigenvalue weighted by molar-refractivity contribution is 0.145. The van der Waals surface area contributed by atoms with Crippen molar-refractivity contribution >= 4 is 9.24 Å². The molecular weight excluding hydrogens is 166 g/mol. The molecule has 0 aliphatic heterocycles. The van der Waals surface area contributed by atoms with Crippen molar-refractivity contribution < 1.29 is 9.13 Å². The number of ether oxygens (including phenoxy) is 1. The lowest BCUT2D eigenvalue weighted by Gasteiger charge is -2.03. The van der Waals surface area contributed by atoms with Gasteiger partial charge in [-0.1, -0.05) is 9.24 Å². The van der Waals surface area contributed by atoms with Crippen molar-refractivity contribution in [3.8, 4) is 5.88 Å². The molecule has 0 aromatic carbocycles. The fourth-order valence-electron chi connectivity index (χ4n) is 0.565. The van der Waals surface area contributed by atoms with Crippen molar-refractivity contribution in [3.05, 3.63) is 17.8 Å². The van der Waals surface area contributed by atoms with Crippen molar-refractivity contribution in [2.75, 3.05) is 0 Å². The summed E-state index contributed by atoms with van der Waals surface area (Å²) in [4.78, 5) is 0. The van der Waals surface area contributed by atoms with E-state index in [9.17, 15) is 4.39 Å². The van der Waals surface area contributed by atoms with Gasteiger partial charge in [-0.25, -0.2) is 0 Å². The normalized spacial score (nSPS) is 12.6. The van der Waals surface area contributed by atoms with Gasteiger partial charge in [-0.15, -0.1) is 5.10 Å². The molecule has 1 aromatic rings. The molecule has 11 heavy (non-hydrogen) atoms. The molecular formula is C6H8FN2OP. The van der Waals surface area contributed by atoms with E-state index in [1.807, 2.05) is 9.24 Å². The van der Waals surface area contributed by atoms with Crippen LogP contribution < -0.4 is 4.74 Å². The van der Waals surface area contributed by atoms with E-state index in [1.165, 1.54) is 0 Å². The highest BCUT2D eigenvalue weighted by atomic mass is 31.0. The Morgan fingerprint density at radius 3 is 2.73 bits per heavy atom. The number of halogens is 1. The number of rotatable bonds is 2. The zero-order chi connectivity index (χ0) is 8.27. The number of alkyl halides is 1. The van der Waals surface area contributed by atoms with Gasteiger partial charge in [0.25, 0.3) is 6.10 Å². The fraction of sp³-hybridized carbons (Fsp3) is 0.333. The maximum Gasteiger partial charge on any atom is 0.251 e. The number of aromatic nitrogens is 2. The predicted octanol–water partition coefficient (Wildman–Crippen LogP) is 1.29. The van der Waals surface area contributed by atoms with Crippen molar-refractivity contribution in [1.82, 2.24) is 10.2 Å². The van der Waals surface area contributed by atoms with E-state index < -0.39 is 6.10 Å². The lowest BCUT2D eigenvalue weighted by atomic mass is 10.4. The molecule has 3 nitrogen and oxygen atoms in total. The molecule has 5 heteroatoms. The second kappa shape index (κ2) is 3.58. The molecule has 60 valence electrons. The van der Waals surface area contributed by atoms with Gasteiger partial charge in [-0.3, -0.25) is 0 Å². The highest BCUT2D eigenvalue weighted by Gasteiger charge is 2.00. The summed E-state index contributed by atoms with van der Waals surface area (Å²) in [5.74, 6) is 0.193. The molecule has 2 atom stereocenters. The third-order valence-corrected chi connectivity index (χ3v) is 1.14. The van der Waals surface area contributed by atoms with Crippen LogP contribution in [-0.2, 0) is 0 Å². The Morgan fingerprint density at radius 2 is 2.27 bits per heavy atom. The zero-order valence-corrected chi connectivity index (χ0v) is 7.14. The Balaban J connectivity index is 2.66. The minimum atomic E-state index is -1.42. The van der Waals surface area contributed by atoms with E-state index in [1.54, 1.807) is 19.1 Å². The SMILES string of the molecule is Cc1ccc(OC(F)P)nn1. The van der Waals surface area contributed by atoms with Gasteiger partial charge >= 0.3 is 0 Å². The molecule has 0 saturated heterocycles. The number of hydrogen-bond acceptors (Lipinski definition) is 3. The molecule has 0 radical (unpaired) electrons. The van der Waals surface area contributed by atoms with Gasteiger partial charge in [0, 0.05) is 6.07 Å². The van der Waals surface area contributed by atoms with Crippen LogP contribution in [0.5, 0.6) is 5.88 Å². The zero-order valence-electron chi connectivity index (χ0n) is 5.99. The van der Waals surface area contributed by atoms with Crippen LogP contribution in [0.15, 0.2) is 12.1 Å². The van der Waals surface area contributed by atoms with Gasteiger partial charge in [0.15, 0.2) is 0 Å². The summed E-state index contributed by atoms with van der Waals surface area (Å²) in [6.45, 7) is 1.80. The molecule has 0 bridgehead atoms.